The molecule has 3 nitrogen and oxygen atoms in total. The van der Waals surface area contributed by atoms with Crippen LogP contribution in [-0.4, -0.2) is 29.5 Å². The predicted octanol–water partition coefficient (Wildman–Crippen LogP) is 0.981. The molecule has 3 N–H and O–H groups in total. The maximum atomic E-state index is 11.2. The Morgan fingerprint density at radius 2 is 2.23 bits per heavy atom. The minimum absolute atomic E-state index is 0.268. The maximum Gasteiger partial charge on any atom is 0.237 e. The normalized spacial score (nSPS) is 17.8. The van der Waals surface area contributed by atoms with Crippen molar-refractivity contribution in [2.75, 3.05) is 12.8 Å². The summed E-state index contributed by atoms with van der Waals surface area (Å²) in [5.74, 6) is -0.268. The summed E-state index contributed by atoms with van der Waals surface area (Å²) in [5.41, 5.74) is 4.79. The first-order valence-electron chi connectivity index (χ1n) is 4.54. The largest absolute Gasteiger partial charge is 0.368 e. The van der Waals surface area contributed by atoms with Crippen molar-refractivity contribution in [3.63, 3.8) is 0 Å². The molecule has 0 heterocycles. The van der Waals surface area contributed by atoms with Crippen LogP contribution in [0, 0.1) is 0 Å². The van der Waals surface area contributed by atoms with Gasteiger partial charge in [-0.3, -0.25) is 4.79 Å². The molecule has 0 aliphatic carbocycles. The van der Waals surface area contributed by atoms with E-state index in [1.807, 2.05) is 20.1 Å². The van der Waals surface area contributed by atoms with Gasteiger partial charge in [0.1, 0.15) is 0 Å². The van der Waals surface area contributed by atoms with Gasteiger partial charge in [0, 0.05) is 5.25 Å². The van der Waals surface area contributed by atoms with Crippen LogP contribution in [0.5, 0.6) is 0 Å². The molecule has 0 saturated carbocycles. The van der Waals surface area contributed by atoms with E-state index in [0.29, 0.717) is 5.25 Å². The molecule has 0 saturated heterocycles. The van der Waals surface area contributed by atoms with Gasteiger partial charge in [-0.1, -0.05) is 13.8 Å². The Bertz CT molecular complexity index is 175. The van der Waals surface area contributed by atoms with Crippen molar-refractivity contribution in [1.29, 1.82) is 0 Å². The van der Waals surface area contributed by atoms with E-state index in [4.69, 9.17) is 5.73 Å². The Kier molecular flexibility index (Phi) is 5.40. The fourth-order valence-corrected chi connectivity index (χ4v) is 1.81. The number of amides is 1. The average molecular weight is 204 g/mol. The van der Waals surface area contributed by atoms with Crippen molar-refractivity contribution in [2.45, 2.75) is 38.0 Å². The van der Waals surface area contributed by atoms with E-state index in [1.54, 1.807) is 11.8 Å². The molecule has 2 atom stereocenters. The molecule has 78 valence electrons. The monoisotopic (exact) mass is 204 g/mol. The molecule has 0 aromatic rings. The Balaban J connectivity index is 4.32. The molecule has 0 aliphatic heterocycles. The van der Waals surface area contributed by atoms with E-state index in [0.717, 1.165) is 13.0 Å². The summed E-state index contributed by atoms with van der Waals surface area (Å²) in [6.07, 6.45) is 2.81. The fourth-order valence-electron chi connectivity index (χ4n) is 1.31. The van der Waals surface area contributed by atoms with Crippen LogP contribution in [0.3, 0.4) is 0 Å². The highest BCUT2D eigenvalue weighted by atomic mass is 32.2. The van der Waals surface area contributed by atoms with E-state index in [1.165, 1.54) is 0 Å². The highest BCUT2D eigenvalue weighted by molar-refractivity contribution is 7.99. The predicted molar refractivity (Wildman–Crippen MR) is 58.9 cm³/mol. The van der Waals surface area contributed by atoms with Crippen molar-refractivity contribution < 1.29 is 4.79 Å². The molecule has 0 fully saturated rings. The zero-order valence-corrected chi connectivity index (χ0v) is 9.70. The molecule has 4 heteroatoms. The average Bonchev–Trinajstić information content (AvgIpc) is 2.04. The van der Waals surface area contributed by atoms with Crippen LogP contribution in [0.1, 0.15) is 27.2 Å². The Labute approximate surface area is 84.8 Å². The standard InChI is InChI=1S/C9H20N2OS/c1-5-11-9(3,8(10)12)6-7(2)13-4/h7,11H,5-6H2,1-4H3,(H2,10,12). The topological polar surface area (TPSA) is 55.1 Å². The van der Waals surface area contributed by atoms with Crippen molar-refractivity contribution in [2.24, 2.45) is 5.73 Å². The molecule has 13 heavy (non-hydrogen) atoms. The van der Waals surface area contributed by atoms with E-state index in [-0.39, 0.29) is 5.91 Å². The molecule has 0 spiro atoms. The Morgan fingerprint density at radius 3 is 2.54 bits per heavy atom. The molecule has 2 unspecified atom stereocenters. The second kappa shape index (κ2) is 5.50. The van der Waals surface area contributed by atoms with E-state index in [9.17, 15) is 4.79 Å². The zero-order valence-electron chi connectivity index (χ0n) is 8.89. The number of nitrogens with one attached hydrogen (secondary N) is 1. The van der Waals surface area contributed by atoms with Gasteiger partial charge in [-0.25, -0.2) is 0 Å². The van der Waals surface area contributed by atoms with Crippen LogP contribution >= 0.6 is 11.8 Å². The van der Waals surface area contributed by atoms with Crippen LogP contribution < -0.4 is 11.1 Å². The first-order valence-corrected chi connectivity index (χ1v) is 5.82. The summed E-state index contributed by atoms with van der Waals surface area (Å²) >= 11 is 1.75. The second-order valence-corrected chi connectivity index (χ2v) is 4.75. The van der Waals surface area contributed by atoms with Crippen LogP contribution in [0.25, 0.3) is 0 Å². The van der Waals surface area contributed by atoms with E-state index >= 15 is 0 Å². The number of rotatable bonds is 6. The molecule has 1 amide bonds. The zero-order chi connectivity index (χ0) is 10.5. The van der Waals surface area contributed by atoms with Crippen molar-refractivity contribution in [3.05, 3.63) is 0 Å². The maximum absolute atomic E-state index is 11.2. The van der Waals surface area contributed by atoms with Crippen LogP contribution in [0.15, 0.2) is 0 Å². The quantitative estimate of drug-likeness (QED) is 0.678. The molecule has 0 rings (SSSR count). The molecule has 0 bridgehead atoms. The highest BCUT2D eigenvalue weighted by Gasteiger charge is 2.31. The van der Waals surface area contributed by atoms with Gasteiger partial charge < -0.3 is 11.1 Å². The van der Waals surface area contributed by atoms with Gasteiger partial charge in [0.25, 0.3) is 0 Å². The third-order valence-electron chi connectivity index (χ3n) is 2.21. The summed E-state index contributed by atoms with van der Waals surface area (Å²) in [6.45, 7) is 6.71. The minimum atomic E-state index is -0.558. The van der Waals surface area contributed by atoms with Gasteiger partial charge in [0.15, 0.2) is 0 Å². The molecular weight excluding hydrogens is 184 g/mol. The van der Waals surface area contributed by atoms with Gasteiger partial charge in [-0.05, 0) is 26.1 Å². The van der Waals surface area contributed by atoms with Crippen molar-refractivity contribution in [1.82, 2.24) is 5.32 Å². The summed E-state index contributed by atoms with van der Waals surface area (Å²) in [5, 5.41) is 3.58. The van der Waals surface area contributed by atoms with Crippen LogP contribution in [0.2, 0.25) is 0 Å². The lowest BCUT2D eigenvalue weighted by Gasteiger charge is -2.29. The summed E-state index contributed by atoms with van der Waals surface area (Å²) in [4.78, 5) is 11.2. The number of carbonyl (C=O) groups excluding carboxylic acids is 1. The van der Waals surface area contributed by atoms with E-state index in [2.05, 4.69) is 12.2 Å². The molecule has 0 aromatic heterocycles. The summed E-state index contributed by atoms with van der Waals surface area (Å²) in [7, 11) is 0. The smallest absolute Gasteiger partial charge is 0.237 e. The van der Waals surface area contributed by atoms with Gasteiger partial charge in [-0.15, -0.1) is 0 Å². The molecule has 0 radical (unpaired) electrons. The second-order valence-electron chi connectivity index (χ2n) is 3.48. The van der Waals surface area contributed by atoms with Crippen LogP contribution in [0.4, 0.5) is 0 Å². The molecular formula is C9H20N2OS. The first kappa shape index (κ1) is 12.8. The minimum Gasteiger partial charge on any atom is -0.368 e. The Hall–Kier alpha value is -0.220. The number of nitrogens with two attached hydrogens (primary N) is 1. The number of thioether (sulfide) groups is 1. The lowest BCUT2D eigenvalue weighted by molar-refractivity contribution is -0.124. The van der Waals surface area contributed by atoms with Gasteiger partial charge in [0.2, 0.25) is 5.91 Å². The SMILES string of the molecule is CCNC(C)(CC(C)SC)C(N)=O. The summed E-state index contributed by atoms with van der Waals surface area (Å²) < 4.78 is 0. The molecule has 0 aromatic carbocycles. The molecule has 0 aliphatic rings. The summed E-state index contributed by atoms with van der Waals surface area (Å²) in [6, 6.07) is 0. The van der Waals surface area contributed by atoms with Crippen LogP contribution in [-0.2, 0) is 4.79 Å². The van der Waals surface area contributed by atoms with Gasteiger partial charge >= 0.3 is 0 Å². The van der Waals surface area contributed by atoms with Crippen molar-refractivity contribution in [3.8, 4) is 0 Å². The lowest BCUT2D eigenvalue weighted by Crippen LogP contribution is -2.54. The first-order chi connectivity index (χ1) is 5.96. The fraction of sp³-hybridized carbons (Fsp3) is 0.889. The number of hydrogen-bond acceptors (Lipinski definition) is 3. The lowest BCUT2D eigenvalue weighted by atomic mass is 9.95. The number of primary amides is 1. The van der Waals surface area contributed by atoms with Crippen molar-refractivity contribution >= 4 is 17.7 Å². The third kappa shape index (κ3) is 4.00. The van der Waals surface area contributed by atoms with Gasteiger partial charge in [0.05, 0.1) is 5.54 Å². The number of likely N-dealkylation sites (N-methyl/N-ethyl adjacent to an activating group) is 1. The number of hydrogen-bond donors (Lipinski definition) is 2. The Morgan fingerprint density at radius 1 is 1.69 bits per heavy atom. The number of carbonyl (C=O) groups is 1. The van der Waals surface area contributed by atoms with E-state index < -0.39 is 5.54 Å². The highest BCUT2D eigenvalue weighted by Crippen LogP contribution is 2.19. The third-order valence-corrected chi connectivity index (χ3v) is 3.18. The van der Waals surface area contributed by atoms with Gasteiger partial charge in [-0.2, -0.15) is 11.8 Å².